The average molecular weight is 345 g/mol. The number of aromatic nitrogens is 2. The average Bonchev–Trinajstić information content (AvgIpc) is 3.33. The second kappa shape index (κ2) is 6.29. The zero-order chi connectivity index (χ0) is 17.5. The van der Waals surface area contributed by atoms with Crippen molar-refractivity contribution in [2.75, 3.05) is 13.2 Å². The maximum atomic E-state index is 5.75. The Bertz CT molecular complexity index is 932. The summed E-state index contributed by atoms with van der Waals surface area (Å²) in [5.74, 6) is 2.22. The summed E-state index contributed by atoms with van der Waals surface area (Å²) in [6.45, 7) is 5.99. The summed E-state index contributed by atoms with van der Waals surface area (Å²) in [5.41, 5.74) is 5.12. The Morgan fingerprint density at radius 3 is 2.85 bits per heavy atom. The van der Waals surface area contributed by atoms with Crippen LogP contribution in [0.2, 0.25) is 0 Å². The van der Waals surface area contributed by atoms with E-state index in [2.05, 4.69) is 64.9 Å². The normalized spacial score (nSPS) is 17.4. The van der Waals surface area contributed by atoms with Gasteiger partial charge in [-0.1, -0.05) is 42.5 Å². The zero-order valence-corrected chi connectivity index (χ0v) is 15.1. The summed E-state index contributed by atoms with van der Waals surface area (Å²) >= 11 is 0. The van der Waals surface area contributed by atoms with Crippen molar-refractivity contribution in [1.82, 2.24) is 14.5 Å². The molecule has 4 nitrogen and oxygen atoms in total. The molecule has 0 radical (unpaired) electrons. The second-order valence-corrected chi connectivity index (χ2v) is 7.19. The highest BCUT2D eigenvalue weighted by Gasteiger charge is 2.25. The largest absolute Gasteiger partial charge is 0.493 e. The minimum atomic E-state index is 0.357. The van der Waals surface area contributed by atoms with Crippen LogP contribution in [0.4, 0.5) is 0 Å². The molecule has 3 heterocycles. The van der Waals surface area contributed by atoms with Crippen molar-refractivity contribution in [2.45, 2.75) is 32.5 Å². The molecule has 3 aromatic rings. The third-order valence-electron chi connectivity index (χ3n) is 5.71. The van der Waals surface area contributed by atoms with Crippen molar-refractivity contribution in [3.63, 3.8) is 0 Å². The number of ether oxygens (including phenoxy) is 1. The molecule has 2 aromatic carbocycles. The van der Waals surface area contributed by atoms with Crippen LogP contribution in [0, 0.1) is 0 Å². The Hall–Kier alpha value is -2.59. The van der Waals surface area contributed by atoms with Gasteiger partial charge in [-0.05, 0) is 29.7 Å². The minimum Gasteiger partial charge on any atom is -0.493 e. The number of imidazole rings is 1. The van der Waals surface area contributed by atoms with Gasteiger partial charge in [-0.25, -0.2) is 4.98 Å². The van der Waals surface area contributed by atoms with Gasteiger partial charge in [0, 0.05) is 25.6 Å². The monoisotopic (exact) mass is 345 g/mol. The molecular formula is C22H23N3O. The van der Waals surface area contributed by atoms with E-state index in [1.165, 1.54) is 22.4 Å². The van der Waals surface area contributed by atoms with Crippen molar-refractivity contribution >= 4 is 0 Å². The SMILES string of the molecule is CC(c1ccc2c(c1)OCC2)N1CCn2c(-c3ccccc3)cnc2C1. The lowest BCUT2D eigenvalue weighted by molar-refractivity contribution is 0.164. The quantitative estimate of drug-likeness (QED) is 0.717. The van der Waals surface area contributed by atoms with Crippen LogP contribution >= 0.6 is 0 Å². The van der Waals surface area contributed by atoms with E-state index in [0.717, 1.165) is 44.2 Å². The Labute approximate surface area is 154 Å². The molecule has 1 unspecified atom stereocenters. The number of hydrogen-bond donors (Lipinski definition) is 0. The van der Waals surface area contributed by atoms with Gasteiger partial charge in [0.2, 0.25) is 0 Å². The van der Waals surface area contributed by atoms with Crippen LogP contribution in [0.25, 0.3) is 11.3 Å². The lowest BCUT2D eigenvalue weighted by Gasteiger charge is -2.33. The van der Waals surface area contributed by atoms with Gasteiger partial charge >= 0.3 is 0 Å². The minimum absolute atomic E-state index is 0.357. The molecule has 1 aromatic heterocycles. The Morgan fingerprint density at radius 2 is 1.96 bits per heavy atom. The van der Waals surface area contributed by atoms with Crippen LogP contribution in [0.5, 0.6) is 5.75 Å². The fraction of sp³-hybridized carbons (Fsp3) is 0.318. The van der Waals surface area contributed by atoms with Gasteiger partial charge < -0.3 is 9.30 Å². The van der Waals surface area contributed by atoms with Gasteiger partial charge in [-0.15, -0.1) is 0 Å². The molecule has 132 valence electrons. The first-order valence-corrected chi connectivity index (χ1v) is 9.39. The zero-order valence-electron chi connectivity index (χ0n) is 15.1. The maximum Gasteiger partial charge on any atom is 0.123 e. The molecule has 0 spiro atoms. The highest BCUT2D eigenvalue weighted by atomic mass is 16.5. The lowest BCUT2D eigenvalue weighted by Crippen LogP contribution is -2.36. The van der Waals surface area contributed by atoms with Gasteiger partial charge in [0.1, 0.15) is 11.6 Å². The number of fused-ring (bicyclic) bond motifs is 2. The number of benzene rings is 2. The molecule has 4 heteroatoms. The summed E-state index contributed by atoms with van der Waals surface area (Å²) in [6.07, 6.45) is 3.05. The highest BCUT2D eigenvalue weighted by Crippen LogP contribution is 2.32. The standard InChI is InChI=1S/C22H23N3O/c1-16(19-8-7-18-9-12-26-21(18)13-19)24-10-11-25-20(14-23-22(25)15-24)17-5-3-2-4-6-17/h2-8,13-14,16H,9-12,15H2,1H3. The van der Waals surface area contributed by atoms with Crippen LogP contribution in [0.1, 0.15) is 29.9 Å². The summed E-state index contributed by atoms with van der Waals surface area (Å²) in [6, 6.07) is 17.6. The van der Waals surface area contributed by atoms with Crippen LogP contribution in [-0.4, -0.2) is 27.6 Å². The van der Waals surface area contributed by atoms with Gasteiger partial charge in [-0.3, -0.25) is 4.90 Å². The molecule has 0 aliphatic carbocycles. The van der Waals surface area contributed by atoms with Crippen LogP contribution in [0.15, 0.2) is 54.7 Å². The number of hydrogen-bond acceptors (Lipinski definition) is 3. The van der Waals surface area contributed by atoms with E-state index in [0.29, 0.717) is 6.04 Å². The Balaban J connectivity index is 1.38. The van der Waals surface area contributed by atoms with Crippen LogP contribution in [-0.2, 0) is 19.5 Å². The molecule has 5 rings (SSSR count). The smallest absolute Gasteiger partial charge is 0.123 e. The van der Waals surface area contributed by atoms with Crippen molar-refractivity contribution in [3.8, 4) is 17.0 Å². The molecule has 1 atom stereocenters. The van der Waals surface area contributed by atoms with E-state index >= 15 is 0 Å². The van der Waals surface area contributed by atoms with Crippen LogP contribution < -0.4 is 4.74 Å². The topological polar surface area (TPSA) is 30.3 Å². The summed E-state index contributed by atoms with van der Waals surface area (Å²) in [5, 5.41) is 0. The third kappa shape index (κ3) is 2.61. The lowest BCUT2D eigenvalue weighted by atomic mass is 10.0. The molecule has 0 bridgehead atoms. The maximum absolute atomic E-state index is 5.75. The van der Waals surface area contributed by atoms with Crippen molar-refractivity contribution < 1.29 is 4.74 Å². The van der Waals surface area contributed by atoms with Crippen LogP contribution in [0.3, 0.4) is 0 Å². The Kier molecular flexibility index (Phi) is 3.79. The van der Waals surface area contributed by atoms with E-state index in [9.17, 15) is 0 Å². The van der Waals surface area contributed by atoms with Crippen molar-refractivity contribution in [1.29, 1.82) is 0 Å². The predicted octanol–water partition coefficient (Wildman–Crippen LogP) is 4.06. The molecule has 26 heavy (non-hydrogen) atoms. The van der Waals surface area contributed by atoms with Crippen molar-refractivity contribution in [3.05, 3.63) is 71.7 Å². The molecular weight excluding hydrogens is 322 g/mol. The molecule has 2 aliphatic heterocycles. The van der Waals surface area contributed by atoms with Gasteiger partial charge in [0.15, 0.2) is 0 Å². The first kappa shape index (κ1) is 15.6. The first-order valence-electron chi connectivity index (χ1n) is 9.39. The molecule has 0 saturated carbocycles. The predicted molar refractivity (Wildman–Crippen MR) is 102 cm³/mol. The summed E-state index contributed by atoms with van der Waals surface area (Å²) in [7, 11) is 0. The number of rotatable bonds is 3. The van der Waals surface area contributed by atoms with Crippen molar-refractivity contribution in [2.24, 2.45) is 0 Å². The first-order chi connectivity index (χ1) is 12.8. The molecule has 0 N–H and O–H groups in total. The molecule has 2 aliphatic rings. The highest BCUT2D eigenvalue weighted by molar-refractivity contribution is 5.59. The van der Waals surface area contributed by atoms with E-state index < -0.39 is 0 Å². The fourth-order valence-corrected chi connectivity index (χ4v) is 4.10. The number of nitrogens with zero attached hydrogens (tertiary/aromatic N) is 3. The third-order valence-corrected chi connectivity index (χ3v) is 5.71. The fourth-order valence-electron chi connectivity index (χ4n) is 4.10. The molecule has 0 fully saturated rings. The van der Waals surface area contributed by atoms with Gasteiger partial charge in [0.05, 0.1) is 25.0 Å². The van der Waals surface area contributed by atoms with Gasteiger partial charge in [-0.2, -0.15) is 0 Å². The van der Waals surface area contributed by atoms with E-state index in [1.54, 1.807) is 0 Å². The summed E-state index contributed by atoms with van der Waals surface area (Å²) in [4.78, 5) is 7.22. The van der Waals surface area contributed by atoms with E-state index in [1.807, 2.05) is 6.20 Å². The molecule has 0 amide bonds. The second-order valence-electron chi connectivity index (χ2n) is 7.19. The molecule has 0 saturated heterocycles. The summed E-state index contributed by atoms with van der Waals surface area (Å²) < 4.78 is 8.12. The Morgan fingerprint density at radius 1 is 1.08 bits per heavy atom. The van der Waals surface area contributed by atoms with Gasteiger partial charge in [0.25, 0.3) is 0 Å². The van der Waals surface area contributed by atoms with E-state index in [4.69, 9.17) is 9.72 Å². The van der Waals surface area contributed by atoms with E-state index in [-0.39, 0.29) is 0 Å².